The molecule has 0 fully saturated rings. The third kappa shape index (κ3) is 40.7. The number of alkyl halides is 3. The van der Waals surface area contributed by atoms with E-state index in [2.05, 4.69) is 13.8 Å². The topological polar surface area (TPSA) is 54.4 Å². The van der Waals surface area contributed by atoms with Gasteiger partial charge in [0, 0.05) is 0 Å². The molecule has 0 atom stereocenters. The molecule has 1 N–H and O–H groups in total. The van der Waals surface area contributed by atoms with Gasteiger partial charge < -0.3 is 0 Å². The molecule has 3 radical (unpaired) electrons. The van der Waals surface area contributed by atoms with Crippen molar-refractivity contribution in [2.24, 2.45) is 0 Å². The predicted molar refractivity (Wildman–Crippen MR) is 195 cm³/mol. The number of rotatable bonds is 34. The van der Waals surface area contributed by atoms with Gasteiger partial charge in [-0.05, 0) is 0 Å². The van der Waals surface area contributed by atoms with Gasteiger partial charge in [0.05, 0.1) is 0 Å². The molecule has 0 aliphatic carbocycles. The van der Waals surface area contributed by atoms with E-state index in [1.807, 2.05) is 22.5 Å². The molecule has 8 heteroatoms. The van der Waals surface area contributed by atoms with Gasteiger partial charge in [0.15, 0.2) is 0 Å². The van der Waals surface area contributed by atoms with Crippen LogP contribution in [0.5, 0.6) is 0 Å². The molecule has 3 nitrogen and oxygen atoms in total. The van der Waals surface area contributed by atoms with E-state index in [4.69, 9.17) is 13.0 Å². The monoisotopic (exact) mass is 789 g/mol. The molecule has 0 aromatic carbocycles. The Balaban J connectivity index is 0. The van der Waals surface area contributed by atoms with Crippen LogP contribution in [0.15, 0.2) is 0 Å². The summed E-state index contributed by atoms with van der Waals surface area (Å²) in [6.45, 7) is 4.62. The van der Waals surface area contributed by atoms with Crippen LogP contribution in [-0.4, -0.2) is 41.0 Å². The maximum absolute atomic E-state index is 10.7. The first-order valence-electron chi connectivity index (χ1n) is 19.8. The van der Waals surface area contributed by atoms with Crippen molar-refractivity contribution in [2.75, 3.05) is 0 Å². The molecule has 0 saturated heterocycles. The van der Waals surface area contributed by atoms with Crippen molar-refractivity contribution in [2.45, 2.75) is 242 Å². The normalized spacial score (nSPS) is 12.1. The molecule has 0 spiro atoms. The fourth-order valence-electron chi connectivity index (χ4n) is 6.02. The summed E-state index contributed by atoms with van der Waals surface area (Å²) < 4.78 is 58.6. The average Bonchev–Trinajstić information content (AvgIpc) is 3.00. The fraction of sp³-hybridized carbons (Fsp3) is 1.00. The smallest absolute Gasteiger partial charge is 0.279 e. The van der Waals surface area contributed by atoms with E-state index >= 15 is 0 Å². The van der Waals surface area contributed by atoms with Gasteiger partial charge in [0.2, 0.25) is 0 Å². The molecule has 0 rings (SSSR count). The Morgan fingerprint density at radius 1 is 0.435 bits per heavy atom. The van der Waals surface area contributed by atoms with Crippen LogP contribution in [0, 0.1) is 0 Å². The van der Waals surface area contributed by atoms with Crippen molar-refractivity contribution in [1.29, 1.82) is 0 Å². The quantitative estimate of drug-likeness (QED) is 0.0306. The molecule has 277 valence electrons. The number of hydrogen-bond acceptors (Lipinski definition) is 2. The van der Waals surface area contributed by atoms with Crippen LogP contribution in [0.1, 0.15) is 232 Å². The zero-order chi connectivity index (χ0) is 34.6. The molecule has 0 unspecified atom stereocenters. The summed E-state index contributed by atoms with van der Waals surface area (Å²) in [6.07, 6.45) is 50.5. The van der Waals surface area contributed by atoms with E-state index < -0.39 is 15.6 Å². The van der Waals surface area contributed by atoms with Crippen molar-refractivity contribution in [3.8, 4) is 0 Å². The zero-order valence-corrected chi connectivity index (χ0v) is 34.1. The summed E-state index contributed by atoms with van der Waals surface area (Å²) in [7, 11) is -5.84. The fourth-order valence-corrected chi connectivity index (χ4v) is 7.19. The summed E-state index contributed by atoms with van der Waals surface area (Å²) in [5.74, 6) is 0. The van der Waals surface area contributed by atoms with Crippen LogP contribution in [0.3, 0.4) is 0 Å². The molecule has 0 aliphatic rings. The van der Waals surface area contributed by atoms with Crippen LogP contribution in [0.25, 0.3) is 0 Å². The molecule has 0 heterocycles. The van der Waals surface area contributed by atoms with E-state index in [1.54, 1.807) is 0 Å². The Labute approximate surface area is 299 Å². The summed E-state index contributed by atoms with van der Waals surface area (Å²) in [4.78, 5) is 0. The SMILES string of the molecule is CCCCCCCCCCCCCCCCCC[CH]([Sn])CCCCCCCCCCCCCCCCCC.O=S(=O)(O)C(F)(F)F. The van der Waals surface area contributed by atoms with Crippen molar-refractivity contribution in [3.63, 3.8) is 0 Å². The van der Waals surface area contributed by atoms with Gasteiger partial charge in [-0.2, -0.15) is 21.6 Å². The minimum absolute atomic E-state index is 1.06. The Kier molecular flexibility index (Phi) is 38.9. The second kappa shape index (κ2) is 36.8. The molecule has 0 aromatic heterocycles. The van der Waals surface area contributed by atoms with Gasteiger partial charge in [-0.25, -0.2) is 0 Å². The summed E-state index contributed by atoms with van der Waals surface area (Å²) >= 11 is 1.81. The number of unbranched alkanes of at least 4 members (excludes halogenated alkanes) is 30. The standard InChI is InChI=1S/C37H75.CHF3O3S.Sn/c1-3-5-7-9-11-13-15-17-19-21-23-25-27-29-31-33-35-37-36-34-32-30-28-26-24-22-20-18-16-14-12-10-8-6-4-2;2-1(3,4)8(5,6)7;/h37H,3-36H2,1-2H3;(H,5,6,7);. The van der Waals surface area contributed by atoms with Crippen molar-refractivity contribution < 1.29 is 26.1 Å². The van der Waals surface area contributed by atoms with E-state index in [0.717, 1.165) is 3.93 Å². The van der Waals surface area contributed by atoms with Crippen LogP contribution >= 0.6 is 0 Å². The second-order valence-corrected chi connectivity index (χ2v) is 17.5. The Morgan fingerprint density at radius 2 is 0.587 bits per heavy atom. The zero-order valence-electron chi connectivity index (χ0n) is 30.4. The molecule has 46 heavy (non-hydrogen) atoms. The molecule has 0 saturated carbocycles. The van der Waals surface area contributed by atoms with Crippen LogP contribution in [0.2, 0.25) is 3.93 Å². The first-order valence-corrected chi connectivity index (χ1v) is 22.9. The van der Waals surface area contributed by atoms with Crippen LogP contribution in [-0.2, 0) is 10.1 Å². The van der Waals surface area contributed by atoms with Gasteiger partial charge in [-0.15, -0.1) is 0 Å². The van der Waals surface area contributed by atoms with Gasteiger partial charge >= 0.3 is 183 Å². The molecular formula is C38H76F3O3SSn. The third-order valence-corrected chi connectivity index (χ3v) is 11.3. The molecule has 0 aromatic rings. The molecular weight excluding hydrogens is 712 g/mol. The van der Waals surface area contributed by atoms with Crippen molar-refractivity contribution in [3.05, 3.63) is 0 Å². The third-order valence-electron chi connectivity index (χ3n) is 9.10. The van der Waals surface area contributed by atoms with Crippen LogP contribution in [0.4, 0.5) is 13.2 Å². The van der Waals surface area contributed by atoms with E-state index in [9.17, 15) is 13.2 Å². The van der Waals surface area contributed by atoms with Gasteiger partial charge in [-0.3, -0.25) is 4.55 Å². The van der Waals surface area contributed by atoms with Gasteiger partial charge in [-0.1, -0.05) is 90.9 Å². The predicted octanol–water partition coefficient (Wildman–Crippen LogP) is 14.6. The van der Waals surface area contributed by atoms with E-state index in [1.165, 1.54) is 218 Å². The summed E-state index contributed by atoms with van der Waals surface area (Å²) in [5, 5.41) is 0. The maximum atomic E-state index is 10.7. The molecule has 0 aliphatic heterocycles. The molecule has 0 amide bonds. The number of halogens is 3. The Hall–Kier alpha value is 0.499. The Bertz CT molecular complexity index is 653. The average molecular weight is 789 g/mol. The van der Waals surface area contributed by atoms with Gasteiger partial charge in [0.25, 0.3) is 0 Å². The van der Waals surface area contributed by atoms with Gasteiger partial charge in [0.1, 0.15) is 0 Å². The van der Waals surface area contributed by atoms with E-state index in [0.29, 0.717) is 0 Å². The minimum Gasteiger partial charge on any atom is -0.279 e. The summed E-state index contributed by atoms with van der Waals surface area (Å²) in [6, 6.07) is 0. The molecule has 0 bridgehead atoms. The first-order chi connectivity index (χ1) is 22.1. The summed E-state index contributed by atoms with van der Waals surface area (Å²) in [5.41, 5.74) is -5.53. The van der Waals surface area contributed by atoms with Crippen LogP contribution < -0.4 is 0 Å². The van der Waals surface area contributed by atoms with Crippen molar-refractivity contribution >= 4 is 32.6 Å². The second-order valence-electron chi connectivity index (χ2n) is 13.8. The van der Waals surface area contributed by atoms with E-state index in [-0.39, 0.29) is 0 Å². The van der Waals surface area contributed by atoms with Crippen molar-refractivity contribution in [1.82, 2.24) is 0 Å². The number of hydrogen-bond donors (Lipinski definition) is 1. The minimum atomic E-state index is -5.84. The first kappa shape index (κ1) is 48.6. The Morgan fingerprint density at radius 3 is 0.739 bits per heavy atom.